The molecule has 1 N–H and O–H groups in total. The molecule has 1 aliphatic rings. The molecule has 0 bridgehead atoms. The number of nitrogens with zero attached hydrogens (tertiary/aromatic N) is 2. The number of aromatic hydroxyl groups is 1. The smallest absolute Gasteiger partial charge is 0.265 e. The van der Waals surface area contributed by atoms with Crippen LogP contribution in [0.1, 0.15) is 12.0 Å². The van der Waals surface area contributed by atoms with Gasteiger partial charge in [0.25, 0.3) is 5.56 Å². The van der Waals surface area contributed by atoms with Crippen LogP contribution < -0.4 is 15.0 Å². The molecule has 0 amide bonds. The molecule has 1 saturated heterocycles. The quantitative estimate of drug-likeness (QED) is 0.608. The molecule has 162 valence electrons. The second-order valence-electron chi connectivity index (χ2n) is 7.30. The molecule has 2 heterocycles. The van der Waals surface area contributed by atoms with Crippen LogP contribution in [0, 0.1) is 0 Å². The van der Waals surface area contributed by atoms with Gasteiger partial charge in [-0.2, -0.15) is 0 Å². The van der Waals surface area contributed by atoms with Crippen LogP contribution in [0.5, 0.6) is 17.4 Å². The van der Waals surface area contributed by atoms with E-state index in [-0.39, 0.29) is 23.4 Å². The number of sulfone groups is 1. The summed E-state index contributed by atoms with van der Waals surface area (Å²) in [5.74, 6) is 0.619. The maximum atomic E-state index is 13.3. The molecule has 31 heavy (non-hydrogen) atoms. The lowest BCUT2D eigenvalue weighted by Crippen LogP contribution is -2.21. The highest BCUT2D eigenvalue weighted by atomic mass is 32.2. The van der Waals surface area contributed by atoms with E-state index in [1.165, 1.54) is 20.4 Å². The van der Waals surface area contributed by atoms with E-state index in [2.05, 4.69) is 4.99 Å². The first kappa shape index (κ1) is 20.9. The Balaban J connectivity index is 1.96. The summed E-state index contributed by atoms with van der Waals surface area (Å²) in [6, 6.07) is 11.4. The molecular weight excluding hydrogens is 420 g/mol. The zero-order valence-corrected chi connectivity index (χ0v) is 17.9. The number of aliphatic imine (C=N–C) groups is 1. The fourth-order valence-corrected chi connectivity index (χ4v) is 5.39. The highest BCUT2D eigenvalue weighted by molar-refractivity contribution is 7.91. The fraction of sp³-hybridized carbons (Fsp3) is 0.273. The Bertz CT molecular complexity index is 1340. The zero-order valence-electron chi connectivity index (χ0n) is 17.1. The molecule has 8 nitrogen and oxygen atoms in total. The van der Waals surface area contributed by atoms with Crippen LogP contribution in [0.15, 0.2) is 52.3 Å². The summed E-state index contributed by atoms with van der Waals surface area (Å²) in [4.78, 5) is 17.7. The van der Waals surface area contributed by atoms with E-state index in [0.29, 0.717) is 39.9 Å². The number of ether oxygens (including phenoxy) is 2. The minimum Gasteiger partial charge on any atom is -0.497 e. The molecule has 1 atom stereocenters. The van der Waals surface area contributed by atoms with E-state index in [4.69, 9.17) is 9.47 Å². The van der Waals surface area contributed by atoms with Crippen molar-refractivity contribution in [2.75, 3.05) is 25.7 Å². The highest BCUT2D eigenvalue weighted by Crippen LogP contribution is 2.32. The number of hydrogen-bond donors (Lipinski definition) is 1. The number of benzene rings is 2. The van der Waals surface area contributed by atoms with Crippen molar-refractivity contribution in [2.24, 2.45) is 4.99 Å². The van der Waals surface area contributed by atoms with Crippen molar-refractivity contribution in [3.63, 3.8) is 0 Å². The Kier molecular flexibility index (Phi) is 5.45. The molecular formula is C22H22N2O6S. The van der Waals surface area contributed by atoms with Gasteiger partial charge in [-0.1, -0.05) is 18.2 Å². The van der Waals surface area contributed by atoms with Crippen molar-refractivity contribution < 1.29 is 23.0 Å². The van der Waals surface area contributed by atoms with Crippen molar-refractivity contribution in [2.45, 2.75) is 12.5 Å². The van der Waals surface area contributed by atoms with Crippen molar-refractivity contribution in [1.29, 1.82) is 0 Å². The average molecular weight is 442 g/mol. The van der Waals surface area contributed by atoms with Crippen molar-refractivity contribution in [1.82, 2.24) is 4.57 Å². The third-order valence-electron chi connectivity index (χ3n) is 5.35. The topological polar surface area (TPSA) is 107 Å². The summed E-state index contributed by atoms with van der Waals surface area (Å²) in [5, 5.41) is 12.0. The molecule has 1 aromatic heterocycles. The summed E-state index contributed by atoms with van der Waals surface area (Å²) in [6.07, 6.45) is 1.88. The van der Waals surface area contributed by atoms with Crippen LogP contribution in [0.2, 0.25) is 0 Å². The van der Waals surface area contributed by atoms with Gasteiger partial charge in [0, 0.05) is 23.1 Å². The Labute approximate surface area is 179 Å². The molecule has 2 aromatic carbocycles. The SMILES string of the molecule is COc1ccc(OC)c(-n2c(O)c(C=NC3CCS(=O)(=O)C3)c3ccccc3c2=O)c1. The van der Waals surface area contributed by atoms with Gasteiger partial charge in [0.15, 0.2) is 9.84 Å². The van der Waals surface area contributed by atoms with Gasteiger partial charge < -0.3 is 14.6 Å². The van der Waals surface area contributed by atoms with E-state index in [9.17, 15) is 18.3 Å². The molecule has 0 spiro atoms. The Hall–Kier alpha value is -3.33. The fourth-order valence-electron chi connectivity index (χ4n) is 3.76. The Morgan fingerprint density at radius 1 is 1.13 bits per heavy atom. The normalized spacial score (nSPS) is 17.9. The third kappa shape index (κ3) is 3.88. The van der Waals surface area contributed by atoms with Gasteiger partial charge in [0.1, 0.15) is 11.5 Å². The molecule has 0 saturated carbocycles. The van der Waals surface area contributed by atoms with Crippen LogP contribution in [0.25, 0.3) is 16.5 Å². The number of hydrogen-bond acceptors (Lipinski definition) is 7. The summed E-state index contributed by atoms with van der Waals surface area (Å²) in [5.41, 5.74) is 0.206. The van der Waals surface area contributed by atoms with E-state index in [1.54, 1.807) is 42.5 Å². The van der Waals surface area contributed by atoms with E-state index in [0.717, 1.165) is 4.57 Å². The minimum absolute atomic E-state index is 0.0223. The molecule has 1 unspecified atom stereocenters. The molecule has 0 radical (unpaired) electrons. The summed E-state index contributed by atoms with van der Waals surface area (Å²) >= 11 is 0. The Morgan fingerprint density at radius 2 is 1.87 bits per heavy atom. The van der Waals surface area contributed by atoms with Gasteiger partial charge in [-0.05, 0) is 24.6 Å². The number of pyridine rings is 1. The van der Waals surface area contributed by atoms with E-state index >= 15 is 0 Å². The molecule has 9 heteroatoms. The molecule has 0 aliphatic carbocycles. The Morgan fingerprint density at radius 3 is 2.52 bits per heavy atom. The van der Waals surface area contributed by atoms with Crippen LogP contribution in [0.4, 0.5) is 0 Å². The van der Waals surface area contributed by atoms with Gasteiger partial charge in [0.05, 0.1) is 43.0 Å². The van der Waals surface area contributed by atoms with E-state index < -0.39 is 15.4 Å². The lowest BCUT2D eigenvalue weighted by atomic mass is 10.1. The second kappa shape index (κ2) is 8.07. The van der Waals surface area contributed by atoms with Gasteiger partial charge >= 0.3 is 0 Å². The predicted molar refractivity (Wildman–Crippen MR) is 119 cm³/mol. The largest absolute Gasteiger partial charge is 0.497 e. The van der Waals surface area contributed by atoms with Gasteiger partial charge in [-0.3, -0.25) is 9.79 Å². The summed E-state index contributed by atoms with van der Waals surface area (Å²) in [7, 11) is -0.117. The van der Waals surface area contributed by atoms with Crippen LogP contribution in [-0.2, 0) is 9.84 Å². The van der Waals surface area contributed by atoms with Crippen LogP contribution in [-0.4, -0.2) is 56.1 Å². The number of methoxy groups -OCH3 is 2. The lowest BCUT2D eigenvalue weighted by molar-refractivity contribution is 0.395. The van der Waals surface area contributed by atoms with Crippen LogP contribution >= 0.6 is 0 Å². The molecule has 4 rings (SSSR count). The first-order valence-corrected chi connectivity index (χ1v) is 11.5. The van der Waals surface area contributed by atoms with Crippen LogP contribution in [0.3, 0.4) is 0 Å². The van der Waals surface area contributed by atoms with Gasteiger partial charge in [-0.15, -0.1) is 0 Å². The standard InChI is InChI=1S/C22H22N2O6S/c1-29-15-7-8-20(30-2)19(11-15)24-21(25)17-6-4-3-5-16(17)18(22(24)26)12-23-14-9-10-31(27,28)13-14/h3-8,11-12,14,26H,9-10,13H2,1-2H3. The first-order chi connectivity index (χ1) is 14.8. The predicted octanol–water partition coefficient (Wildman–Crippen LogP) is 2.32. The van der Waals surface area contributed by atoms with Gasteiger partial charge in [0.2, 0.25) is 5.88 Å². The molecule has 3 aromatic rings. The summed E-state index contributed by atoms with van der Waals surface area (Å²) in [6.45, 7) is 0. The third-order valence-corrected chi connectivity index (χ3v) is 7.10. The average Bonchev–Trinajstić information content (AvgIpc) is 3.12. The number of aromatic nitrogens is 1. The summed E-state index contributed by atoms with van der Waals surface area (Å²) < 4.78 is 35.3. The minimum atomic E-state index is -3.09. The maximum Gasteiger partial charge on any atom is 0.265 e. The second-order valence-corrected chi connectivity index (χ2v) is 9.52. The van der Waals surface area contributed by atoms with Crippen molar-refractivity contribution in [3.8, 4) is 23.1 Å². The first-order valence-electron chi connectivity index (χ1n) is 9.67. The van der Waals surface area contributed by atoms with Crippen molar-refractivity contribution in [3.05, 3.63) is 58.4 Å². The lowest BCUT2D eigenvalue weighted by Gasteiger charge is -2.17. The number of rotatable bonds is 5. The molecule has 1 fully saturated rings. The maximum absolute atomic E-state index is 13.3. The molecule has 1 aliphatic heterocycles. The highest BCUT2D eigenvalue weighted by Gasteiger charge is 2.27. The zero-order chi connectivity index (χ0) is 22.2. The number of fused-ring (bicyclic) bond motifs is 1. The van der Waals surface area contributed by atoms with Crippen molar-refractivity contribution >= 4 is 26.8 Å². The van der Waals surface area contributed by atoms with E-state index in [1.807, 2.05) is 0 Å². The van der Waals surface area contributed by atoms with Gasteiger partial charge in [-0.25, -0.2) is 13.0 Å². The monoisotopic (exact) mass is 442 g/mol.